The molecule has 0 aliphatic heterocycles. The van der Waals surface area contributed by atoms with Crippen LogP contribution in [0.1, 0.15) is 0 Å². The summed E-state index contributed by atoms with van der Waals surface area (Å²) in [7, 11) is 0. The van der Waals surface area contributed by atoms with Crippen LogP contribution >= 0.6 is 11.8 Å². The van der Waals surface area contributed by atoms with Crippen LogP contribution in [0.4, 0.5) is 0 Å². The summed E-state index contributed by atoms with van der Waals surface area (Å²) in [5.74, 6) is 0.584. The molecule has 1 aromatic rings. The number of nitrogens with two attached hydrogens (primary N) is 1. The van der Waals surface area contributed by atoms with E-state index in [9.17, 15) is 4.79 Å². The minimum Gasteiger partial charge on any atom is -0.321 e. The van der Waals surface area contributed by atoms with Gasteiger partial charge in [0.2, 0.25) is 0 Å². The molecule has 12 heavy (non-hydrogen) atoms. The lowest BCUT2D eigenvalue weighted by Crippen LogP contribution is -2.23. The van der Waals surface area contributed by atoms with E-state index < -0.39 is 6.04 Å². The molecule has 1 atom stereocenters. The molecular formula is C8H10N2OS. The van der Waals surface area contributed by atoms with E-state index in [0.29, 0.717) is 5.75 Å². The summed E-state index contributed by atoms with van der Waals surface area (Å²) in [6, 6.07) is 5.25. The smallest absolute Gasteiger partial charge is 0.137 e. The highest BCUT2D eigenvalue weighted by Crippen LogP contribution is 2.13. The lowest BCUT2D eigenvalue weighted by molar-refractivity contribution is -0.108. The summed E-state index contributed by atoms with van der Waals surface area (Å²) < 4.78 is 0. The largest absolute Gasteiger partial charge is 0.321 e. The van der Waals surface area contributed by atoms with Gasteiger partial charge in [-0.05, 0) is 12.1 Å². The summed E-state index contributed by atoms with van der Waals surface area (Å²) in [5.41, 5.74) is 5.40. The first-order chi connectivity index (χ1) is 5.83. The topological polar surface area (TPSA) is 56.0 Å². The van der Waals surface area contributed by atoms with Crippen molar-refractivity contribution in [3.05, 3.63) is 24.4 Å². The summed E-state index contributed by atoms with van der Waals surface area (Å²) in [4.78, 5) is 14.2. The Morgan fingerprint density at radius 2 is 2.50 bits per heavy atom. The van der Waals surface area contributed by atoms with Crippen molar-refractivity contribution in [2.45, 2.75) is 11.1 Å². The van der Waals surface area contributed by atoms with Crippen molar-refractivity contribution in [1.82, 2.24) is 4.98 Å². The standard InChI is InChI=1S/C8H10N2OS/c9-7(5-11)6-12-8-3-1-2-4-10-8/h1-5,7H,6,9H2. The highest BCUT2D eigenvalue weighted by atomic mass is 32.2. The zero-order chi connectivity index (χ0) is 8.81. The van der Waals surface area contributed by atoms with Gasteiger partial charge < -0.3 is 10.5 Å². The third-order valence-electron chi connectivity index (χ3n) is 1.24. The average molecular weight is 182 g/mol. The summed E-state index contributed by atoms with van der Waals surface area (Å²) in [6.45, 7) is 0. The van der Waals surface area contributed by atoms with Crippen molar-refractivity contribution in [2.24, 2.45) is 5.73 Å². The van der Waals surface area contributed by atoms with E-state index in [1.165, 1.54) is 11.8 Å². The third-order valence-corrected chi connectivity index (χ3v) is 2.33. The van der Waals surface area contributed by atoms with Crippen molar-refractivity contribution in [3.63, 3.8) is 0 Å². The summed E-state index contributed by atoms with van der Waals surface area (Å²) >= 11 is 1.49. The molecule has 0 aromatic carbocycles. The molecule has 0 aliphatic rings. The number of rotatable bonds is 4. The molecule has 0 saturated carbocycles. The number of carbonyl (C=O) groups is 1. The fourth-order valence-electron chi connectivity index (χ4n) is 0.653. The zero-order valence-electron chi connectivity index (χ0n) is 6.51. The van der Waals surface area contributed by atoms with Crippen LogP contribution in [-0.2, 0) is 4.79 Å². The van der Waals surface area contributed by atoms with Crippen LogP contribution in [0.5, 0.6) is 0 Å². The van der Waals surface area contributed by atoms with Gasteiger partial charge in [0.05, 0.1) is 11.1 Å². The molecule has 0 bridgehead atoms. The van der Waals surface area contributed by atoms with Crippen molar-refractivity contribution < 1.29 is 4.79 Å². The number of pyridine rings is 1. The fraction of sp³-hybridized carbons (Fsp3) is 0.250. The van der Waals surface area contributed by atoms with Crippen LogP contribution < -0.4 is 5.73 Å². The molecule has 1 rings (SSSR count). The molecule has 0 spiro atoms. The molecule has 0 saturated heterocycles. The second kappa shape index (κ2) is 4.90. The van der Waals surface area contributed by atoms with Crippen molar-refractivity contribution in [2.75, 3.05) is 5.75 Å². The Morgan fingerprint density at radius 3 is 3.08 bits per heavy atom. The number of nitrogens with zero attached hydrogens (tertiary/aromatic N) is 1. The Hall–Kier alpha value is -0.870. The SMILES string of the molecule is NC(C=O)CSc1ccccn1. The van der Waals surface area contributed by atoms with Gasteiger partial charge in [0.25, 0.3) is 0 Å². The molecule has 0 radical (unpaired) electrons. The van der Waals surface area contributed by atoms with Gasteiger partial charge in [0.15, 0.2) is 0 Å². The van der Waals surface area contributed by atoms with Gasteiger partial charge in [0, 0.05) is 11.9 Å². The Kier molecular flexibility index (Phi) is 3.76. The van der Waals surface area contributed by atoms with Gasteiger partial charge in [-0.15, -0.1) is 11.8 Å². The number of hydrogen-bond donors (Lipinski definition) is 1. The molecular weight excluding hydrogens is 172 g/mol. The number of carbonyl (C=O) groups excluding carboxylic acids is 1. The molecule has 3 nitrogen and oxygen atoms in total. The molecule has 0 fully saturated rings. The average Bonchev–Trinajstić information content (AvgIpc) is 2.16. The van der Waals surface area contributed by atoms with Gasteiger partial charge in [-0.3, -0.25) is 0 Å². The van der Waals surface area contributed by atoms with Crippen molar-refractivity contribution >= 4 is 18.0 Å². The minimum atomic E-state index is -0.392. The Morgan fingerprint density at radius 1 is 1.67 bits per heavy atom. The number of aldehydes is 1. The molecule has 1 unspecified atom stereocenters. The second-order valence-corrected chi connectivity index (χ2v) is 3.32. The molecule has 2 N–H and O–H groups in total. The third kappa shape index (κ3) is 3.02. The van der Waals surface area contributed by atoms with Gasteiger partial charge in [-0.1, -0.05) is 6.07 Å². The fourth-order valence-corrected chi connectivity index (χ4v) is 1.41. The lowest BCUT2D eigenvalue weighted by Gasteiger charge is -2.01. The van der Waals surface area contributed by atoms with E-state index in [0.717, 1.165) is 11.3 Å². The van der Waals surface area contributed by atoms with Crippen LogP contribution in [0.25, 0.3) is 0 Å². The maximum Gasteiger partial charge on any atom is 0.137 e. The first kappa shape index (κ1) is 9.22. The highest BCUT2D eigenvalue weighted by molar-refractivity contribution is 7.99. The number of hydrogen-bond acceptors (Lipinski definition) is 4. The van der Waals surface area contributed by atoms with Crippen LogP contribution in [0.3, 0.4) is 0 Å². The minimum absolute atomic E-state index is 0.392. The number of aromatic nitrogens is 1. The quantitative estimate of drug-likeness (QED) is 0.550. The Balaban J connectivity index is 2.38. The van der Waals surface area contributed by atoms with E-state index >= 15 is 0 Å². The van der Waals surface area contributed by atoms with Gasteiger partial charge >= 0.3 is 0 Å². The molecule has 0 amide bonds. The van der Waals surface area contributed by atoms with Crippen molar-refractivity contribution in [1.29, 1.82) is 0 Å². The maximum atomic E-state index is 10.2. The van der Waals surface area contributed by atoms with Crippen LogP contribution in [0, 0.1) is 0 Å². The van der Waals surface area contributed by atoms with Crippen molar-refractivity contribution in [3.8, 4) is 0 Å². The monoisotopic (exact) mass is 182 g/mol. The van der Waals surface area contributed by atoms with Crippen LogP contribution in [-0.4, -0.2) is 23.1 Å². The molecule has 0 aliphatic carbocycles. The second-order valence-electron chi connectivity index (χ2n) is 2.28. The molecule has 4 heteroatoms. The predicted octanol–water partition coefficient (Wildman–Crippen LogP) is 0.700. The first-order valence-electron chi connectivity index (χ1n) is 3.57. The van der Waals surface area contributed by atoms with Gasteiger partial charge in [0.1, 0.15) is 6.29 Å². The van der Waals surface area contributed by atoms with Gasteiger partial charge in [-0.25, -0.2) is 4.98 Å². The summed E-state index contributed by atoms with van der Waals surface area (Å²) in [6.07, 6.45) is 2.46. The lowest BCUT2D eigenvalue weighted by atomic mass is 10.4. The molecule has 1 aromatic heterocycles. The summed E-state index contributed by atoms with van der Waals surface area (Å²) in [5, 5.41) is 0.898. The molecule has 64 valence electrons. The Labute approximate surface area is 75.4 Å². The van der Waals surface area contributed by atoms with E-state index in [-0.39, 0.29) is 0 Å². The van der Waals surface area contributed by atoms with Crippen LogP contribution in [0.15, 0.2) is 29.4 Å². The van der Waals surface area contributed by atoms with Gasteiger partial charge in [-0.2, -0.15) is 0 Å². The normalized spacial score (nSPS) is 12.4. The predicted molar refractivity (Wildman–Crippen MR) is 49.0 cm³/mol. The first-order valence-corrected chi connectivity index (χ1v) is 4.56. The van der Waals surface area contributed by atoms with E-state index in [1.54, 1.807) is 6.20 Å². The highest BCUT2D eigenvalue weighted by Gasteiger charge is 2.00. The number of thioether (sulfide) groups is 1. The Bertz CT molecular complexity index is 240. The molecule has 1 heterocycles. The zero-order valence-corrected chi connectivity index (χ0v) is 7.33. The van der Waals surface area contributed by atoms with E-state index in [1.807, 2.05) is 18.2 Å². The van der Waals surface area contributed by atoms with Crippen LogP contribution in [0.2, 0.25) is 0 Å². The van der Waals surface area contributed by atoms with E-state index in [4.69, 9.17) is 5.73 Å². The maximum absolute atomic E-state index is 10.2. The van der Waals surface area contributed by atoms with E-state index in [2.05, 4.69) is 4.98 Å².